The maximum atomic E-state index is 11.3. The van der Waals surface area contributed by atoms with Crippen LogP contribution in [0.15, 0.2) is 5.16 Å². The Kier molecular flexibility index (Phi) is 3.52. The standard InChI is InChI=1S/C7H9N3O3S/c1-3-13-7(11)6-5(4(2)8-12)9-14-10-6/h12H,3H2,1-2H3/b8-4+. The lowest BCUT2D eigenvalue weighted by atomic mass is 10.2. The molecule has 0 aliphatic heterocycles. The fourth-order valence-electron chi connectivity index (χ4n) is 0.807. The molecule has 0 aliphatic carbocycles. The van der Waals surface area contributed by atoms with Crippen LogP contribution in [-0.2, 0) is 4.74 Å². The fraction of sp³-hybridized carbons (Fsp3) is 0.429. The Morgan fingerprint density at radius 3 is 2.79 bits per heavy atom. The Bertz CT molecular complexity index is 361. The topological polar surface area (TPSA) is 84.7 Å². The van der Waals surface area contributed by atoms with E-state index in [1.165, 1.54) is 6.92 Å². The molecule has 14 heavy (non-hydrogen) atoms. The van der Waals surface area contributed by atoms with Gasteiger partial charge in [0, 0.05) is 0 Å². The van der Waals surface area contributed by atoms with Crippen molar-refractivity contribution in [2.24, 2.45) is 5.16 Å². The summed E-state index contributed by atoms with van der Waals surface area (Å²) in [5, 5.41) is 11.5. The molecule has 1 N–H and O–H groups in total. The lowest BCUT2D eigenvalue weighted by Crippen LogP contribution is -2.10. The van der Waals surface area contributed by atoms with E-state index in [1.807, 2.05) is 0 Å². The summed E-state index contributed by atoms with van der Waals surface area (Å²) in [5.74, 6) is -0.556. The van der Waals surface area contributed by atoms with Gasteiger partial charge in [0.2, 0.25) is 0 Å². The highest BCUT2D eigenvalue weighted by atomic mass is 32.1. The first-order chi connectivity index (χ1) is 6.70. The highest BCUT2D eigenvalue weighted by Crippen LogP contribution is 2.08. The average Bonchev–Trinajstić information content (AvgIpc) is 2.65. The summed E-state index contributed by atoms with van der Waals surface area (Å²) in [5.41, 5.74) is 0.588. The summed E-state index contributed by atoms with van der Waals surface area (Å²) in [7, 11) is 0. The molecule has 0 aliphatic rings. The highest BCUT2D eigenvalue weighted by Gasteiger charge is 2.19. The van der Waals surface area contributed by atoms with E-state index in [9.17, 15) is 4.79 Å². The number of oxime groups is 1. The van der Waals surface area contributed by atoms with Crippen LogP contribution in [-0.4, -0.2) is 32.2 Å². The van der Waals surface area contributed by atoms with Gasteiger partial charge in [-0.2, -0.15) is 8.75 Å². The van der Waals surface area contributed by atoms with Crippen LogP contribution in [0.2, 0.25) is 0 Å². The zero-order chi connectivity index (χ0) is 10.6. The van der Waals surface area contributed by atoms with Crippen molar-refractivity contribution in [1.29, 1.82) is 0 Å². The van der Waals surface area contributed by atoms with Gasteiger partial charge >= 0.3 is 5.97 Å². The van der Waals surface area contributed by atoms with Crippen molar-refractivity contribution in [1.82, 2.24) is 8.75 Å². The first-order valence-electron chi connectivity index (χ1n) is 3.89. The second-order valence-corrected chi connectivity index (χ2v) is 2.90. The number of carbonyl (C=O) groups is 1. The average molecular weight is 215 g/mol. The van der Waals surface area contributed by atoms with E-state index in [-0.39, 0.29) is 23.7 Å². The van der Waals surface area contributed by atoms with E-state index >= 15 is 0 Å². The first-order valence-corrected chi connectivity index (χ1v) is 4.62. The van der Waals surface area contributed by atoms with E-state index in [0.29, 0.717) is 0 Å². The molecule has 0 atom stereocenters. The van der Waals surface area contributed by atoms with E-state index in [0.717, 1.165) is 11.7 Å². The van der Waals surface area contributed by atoms with Crippen LogP contribution in [0.4, 0.5) is 0 Å². The van der Waals surface area contributed by atoms with Crippen molar-refractivity contribution in [3.63, 3.8) is 0 Å². The van der Waals surface area contributed by atoms with Gasteiger partial charge in [0.25, 0.3) is 0 Å². The molecule has 0 saturated carbocycles. The summed E-state index contributed by atoms with van der Waals surface area (Å²) in [6.45, 7) is 3.49. The van der Waals surface area contributed by atoms with Crippen molar-refractivity contribution in [2.45, 2.75) is 13.8 Å². The van der Waals surface area contributed by atoms with Gasteiger partial charge < -0.3 is 9.94 Å². The molecule has 6 nitrogen and oxygen atoms in total. The molecule has 1 aromatic heterocycles. The lowest BCUT2D eigenvalue weighted by molar-refractivity contribution is 0.0520. The number of carbonyl (C=O) groups excluding carboxylic acids is 1. The Balaban J connectivity index is 2.98. The van der Waals surface area contributed by atoms with Gasteiger partial charge in [0.1, 0.15) is 11.4 Å². The summed E-state index contributed by atoms with van der Waals surface area (Å²) in [4.78, 5) is 11.3. The minimum absolute atomic E-state index is 0.0900. The van der Waals surface area contributed by atoms with Gasteiger partial charge in [0.15, 0.2) is 5.69 Å². The molecule has 0 spiro atoms. The minimum atomic E-state index is -0.556. The number of aromatic nitrogens is 2. The van der Waals surface area contributed by atoms with Crippen molar-refractivity contribution < 1.29 is 14.7 Å². The van der Waals surface area contributed by atoms with E-state index in [2.05, 4.69) is 13.9 Å². The number of hydrogen-bond acceptors (Lipinski definition) is 7. The summed E-state index contributed by atoms with van der Waals surface area (Å²) in [6, 6.07) is 0. The number of esters is 1. The van der Waals surface area contributed by atoms with E-state index in [4.69, 9.17) is 9.94 Å². The van der Waals surface area contributed by atoms with Crippen LogP contribution in [0.3, 0.4) is 0 Å². The van der Waals surface area contributed by atoms with Crippen LogP contribution >= 0.6 is 11.7 Å². The molecule has 1 rings (SSSR count). The third-order valence-corrected chi connectivity index (χ3v) is 1.98. The minimum Gasteiger partial charge on any atom is -0.461 e. The van der Waals surface area contributed by atoms with Gasteiger partial charge in [0.05, 0.1) is 18.3 Å². The molecule has 1 aromatic rings. The molecular formula is C7H9N3O3S. The highest BCUT2D eigenvalue weighted by molar-refractivity contribution is 6.99. The Morgan fingerprint density at radius 2 is 2.21 bits per heavy atom. The zero-order valence-corrected chi connectivity index (χ0v) is 8.54. The predicted octanol–water partition coefficient (Wildman–Crippen LogP) is 0.913. The van der Waals surface area contributed by atoms with Crippen LogP contribution in [0.5, 0.6) is 0 Å². The summed E-state index contributed by atoms with van der Waals surface area (Å²) < 4.78 is 12.3. The first kappa shape index (κ1) is 10.6. The van der Waals surface area contributed by atoms with Gasteiger partial charge in [-0.1, -0.05) is 5.16 Å². The Labute approximate surface area is 84.5 Å². The molecule has 7 heteroatoms. The second-order valence-electron chi connectivity index (χ2n) is 2.37. The number of nitrogens with zero attached hydrogens (tertiary/aromatic N) is 3. The summed E-state index contributed by atoms with van der Waals surface area (Å²) in [6.07, 6.45) is 0. The Hall–Kier alpha value is -1.50. The van der Waals surface area contributed by atoms with Gasteiger partial charge in [-0.25, -0.2) is 4.79 Å². The molecule has 0 aromatic carbocycles. The second kappa shape index (κ2) is 4.66. The van der Waals surface area contributed by atoms with Crippen molar-refractivity contribution in [3.05, 3.63) is 11.4 Å². The predicted molar refractivity (Wildman–Crippen MR) is 49.9 cm³/mol. The van der Waals surface area contributed by atoms with E-state index in [1.54, 1.807) is 6.92 Å². The van der Waals surface area contributed by atoms with Crippen LogP contribution in [0.25, 0.3) is 0 Å². The number of ether oxygens (including phenoxy) is 1. The molecule has 0 fully saturated rings. The molecule has 1 heterocycles. The van der Waals surface area contributed by atoms with Crippen molar-refractivity contribution in [3.8, 4) is 0 Å². The lowest BCUT2D eigenvalue weighted by Gasteiger charge is -1.98. The maximum absolute atomic E-state index is 11.3. The van der Waals surface area contributed by atoms with Gasteiger partial charge in [-0.3, -0.25) is 0 Å². The molecule has 0 saturated heterocycles. The third-order valence-electron chi connectivity index (χ3n) is 1.45. The summed E-state index contributed by atoms with van der Waals surface area (Å²) >= 11 is 0.871. The molecule has 0 unspecified atom stereocenters. The van der Waals surface area contributed by atoms with E-state index < -0.39 is 5.97 Å². The SMILES string of the molecule is CCOC(=O)c1nsnc1/C(C)=N/O. The quantitative estimate of drug-likeness (QED) is 0.350. The largest absolute Gasteiger partial charge is 0.461 e. The number of hydrogen-bond donors (Lipinski definition) is 1. The van der Waals surface area contributed by atoms with Crippen LogP contribution in [0.1, 0.15) is 30.0 Å². The normalized spacial score (nSPS) is 11.4. The van der Waals surface area contributed by atoms with Gasteiger partial charge in [-0.15, -0.1) is 0 Å². The van der Waals surface area contributed by atoms with Crippen LogP contribution < -0.4 is 0 Å². The Morgan fingerprint density at radius 1 is 1.57 bits per heavy atom. The molecule has 0 bridgehead atoms. The smallest absolute Gasteiger partial charge is 0.360 e. The molecule has 76 valence electrons. The van der Waals surface area contributed by atoms with Gasteiger partial charge in [-0.05, 0) is 13.8 Å². The molecule has 0 radical (unpaired) electrons. The zero-order valence-electron chi connectivity index (χ0n) is 7.72. The molecule has 0 amide bonds. The molecular weight excluding hydrogens is 206 g/mol. The fourth-order valence-corrected chi connectivity index (χ4v) is 1.39. The van der Waals surface area contributed by atoms with Crippen molar-refractivity contribution >= 4 is 23.4 Å². The third kappa shape index (κ3) is 2.05. The van der Waals surface area contributed by atoms with Crippen LogP contribution in [0, 0.1) is 0 Å². The van der Waals surface area contributed by atoms with Crippen molar-refractivity contribution in [2.75, 3.05) is 6.61 Å². The number of rotatable bonds is 3. The monoisotopic (exact) mass is 215 g/mol. The maximum Gasteiger partial charge on any atom is 0.360 e.